The molecule has 3 aromatic carbocycles. The number of fused-ring (bicyclic) bond motifs is 1. The molecule has 0 saturated heterocycles. The minimum Gasteiger partial charge on any atom is -0.496 e. The van der Waals surface area contributed by atoms with Crippen LogP contribution in [0.2, 0.25) is 0 Å². The predicted molar refractivity (Wildman–Crippen MR) is 154 cm³/mol. The predicted octanol–water partition coefficient (Wildman–Crippen LogP) is 5.95. The molecule has 1 aliphatic rings. The van der Waals surface area contributed by atoms with Gasteiger partial charge >= 0.3 is 5.97 Å². The highest BCUT2D eigenvalue weighted by atomic mass is 16.5. The van der Waals surface area contributed by atoms with Crippen molar-refractivity contribution in [1.29, 1.82) is 0 Å². The highest BCUT2D eigenvalue weighted by molar-refractivity contribution is 6.05. The van der Waals surface area contributed by atoms with Gasteiger partial charge in [0, 0.05) is 35.0 Å². The smallest absolute Gasteiger partial charge is 0.328 e. The normalized spacial score (nSPS) is 13.2. The minimum atomic E-state index is -0.657. The van der Waals surface area contributed by atoms with Gasteiger partial charge in [0.2, 0.25) is 0 Å². The van der Waals surface area contributed by atoms with Gasteiger partial charge in [0.25, 0.3) is 11.8 Å². The fourth-order valence-corrected chi connectivity index (χ4v) is 4.84. The quantitative estimate of drug-likeness (QED) is 0.237. The monoisotopic (exact) mass is 544 g/mol. The molecule has 0 saturated carbocycles. The molecule has 0 radical (unpaired) electrons. The van der Waals surface area contributed by atoms with Crippen LogP contribution in [0.1, 0.15) is 59.9 Å². The lowest BCUT2D eigenvalue weighted by Gasteiger charge is -2.28. The lowest BCUT2D eigenvalue weighted by Crippen LogP contribution is -2.45. The van der Waals surface area contributed by atoms with E-state index < -0.39 is 12.0 Å². The minimum absolute atomic E-state index is 0.0925. The van der Waals surface area contributed by atoms with Crippen LogP contribution in [0.3, 0.4) is 0 Å². The Morgan fingerprint density at radius 2 is 1.73 bits per heavy atom. The first kappa shape index (κ1) is 28.7. The molecule has 1 unspecified atom stereocenters. The first-order chi connectivity index (χ1) is 19.3. The van der Waals surface area contributed by atoms with Crippen molar-refractivity contribution >= 4 is 23.5 Å². The van der Waals surface area contributed by atoms with E-state index in [1.165, 1.54) is 7.11 Å². The second kappa shape index (κ2) is 12.7. The number of nitrogens with one attached hydrogen (secondary N) is 1. The van der Waals surface area contributed by atoms with Crippen LogP contribution in [0.4, 0.5) is 5.69 Å². The second-order valence-electron chi connectivity index (χ2n) is 10.1. The van der Waals surface area contributed by atoms with E-state index in [2.05, 4.69) is 12.2 Å². The van der Waals surface area contributed by atoms with Crippen molar-refractivity contribution in [3.8, 4) is 22.6 Å². The summed E-state index contributed by atoms with van der Waals surface area (Å²) in [4.78, 5) is 40.1. The van der Waals surface area contributed by atoms with Crippen molar-refractivity contribution in [2.45, 2.75) is 46.2 Å². The molecule has 0 spiro atoms. The third kappa shape index (κ3) is 6.11. The maximum Gasteiger partial charge on any atom is 0.328 e. The molecule has 8 heteroatoms. The summed E-state index contributed by atoms with van der Waals surface area (Å²) in [6.07, 6.45) is 2.04. The van der Waals surface area contributed by atoms with E-state index in [1.54, 1.807) is 48.4 Å². The van der Waals surface area contributed by atoms with Gasteiger partial charge in [0.15, 0.2) is 0 Å². The van der Waals surface area contributed by atoms with Crippen molar-refractivity contribution in [1.82, 2.24) is 4.90 Å². The zero-order chi connectivity index (χ0) is 28.8. The first-order valence-electron chi connectivity index (χ1n) is 13.5. The number of esters is 1. The third-order valence-corrected chi connectivity index (χ3v) is 7.01. The Labute approximate surface area is 235 Å². The first-order valence-corrected chi connectivity index (χ1v) is 13.5. The Hall–Kier alpha value is -4.33. The Morgan fingerprint density at radius 3 is 2.38 bits per heavy atom. The standard InChI is InChI=1S/C32H36N2O6/c1-6-7-16-40-25-13-10-21(11-14-25)30(35)33-24-12-15-26(28(18-24)38-4)22-8-9-23-19-34(31(36)27(23)17-22)29(20(2)3)32(37)39-5/h8-15,17-18,20,29H,6-7,16,19H2,1-5H3,(H,33,35). The van der Waals surface area contributed by atoms with E-state index in [4.69, 9.17) is 14.2 Å². The van der Waals surface area contributed by atoms with Crippen LogP contribution in [-0.2, 0) is 16.1 Å². The summed E-state index contributed by atoms with van der Waals surface area (Å²) in [5.74, 6) is 0.317. The fraction of sp³-hybridized carbons (Fsp3) is 0.344. The summed E-state index contributed by atoms with van der Waals surface area (Å²) < 4.78 is 16.3. The number of hydrogen-bond acceptors (Lipinski definition) is 6. The number of hydrogen-bond donors (Lipinski definition) is 1. The van der Waals surface area contributed by atoms with Crippen molar-refractivity contribution in [3.05, 3.63) is 77.4 Å². The van der Waals surface area contributed by atoms with E-state index in [1.807, 2.05) is 38.1 Å². The summed E-state index contributed by atoms with van der Waals surface area (Å²) >= 11 is 0. The maximum absolute atomic E-state index is 13.3. The SMILES string of the molecule is CCCCOc1ccc(C(=O)Nc2ccc(-c3ccc4c(c3)C(=O)N(C(C(=O)OC)C(C)C)C4)c(OC)c2)cc1. The highest BCUT2D eigenvalue weighted by Crippen LogP contribution is 2.36. The molecule has 1 atom stereocenters. The van der Waals surface area contributed by atoms with Gasteiger partial charge < -0.3 is 24.4 Å². The topological polar surface area (TPSA) is 94.2 Å². The summed E-state index contributed by atoms with van der Waals surface area (Å²) in [5, 5.41) is 2.91. The number of methoxy groups -OCH3 is 2. The number of ether oxygens (including phenoxy) is 3. The molecule has 0 aliphatic carbocycles. The van der Waals surface area contributed by atoms with Gasteiger partial charge in [-0.15, -0.1) is 0 Å². The molecule has 210 valence electrons. The molecule has 1 N–H and O–H groups in total. The molecule has 0 fully saturated rings. The number of carbonyl (C=O) groups is 3. The number of unbranched alkanes of at least 4 members (excludes halogenated alkanes) is 1. The van der Waals surface area contributed by atoms with Gasteiger partial charge in [0.05, 0.1) is 20.8 Å². The van der Waals surface area contributed by atoms with E-state index in [0.29, 0.717) is 35.7 Å². The van der Waals surface area contributed by atoms with E-state index in [0.717, 1.165) is 35.3 Å². The summed E-state index contributed by atoms with van der Waals surface area (Å²) in [7, 11) is 2.90. The number of carbonyl (C=O) groups excluding carboxylic acids is 3. The van der Waals surface area contributed by atoms with Crippen molar-refractivity contribution in [3.63, 3.8) is 0 Å². The van der Waals surface area contributed by atoms with Gasteiger partial charge in [-0.3, -0.25) is 9.59 Å². The van der Waals surface area contributed by atoms with E-state index in [-0.39, 0.29) is 17.7 Å². The van der Waals surface area contributed by atoms with Crippen LogP contribution in [0.15, 0.2) is 60.7 Å². The van der Waals surface area contributed by atoms with E-state index >= 15 is 0 Å². The van der Waals surface area contributed by atoms with Gasteiger partial charge in [-0.05, 0) is 65.9 Å². The average Bonchev–Trinajstić information content (AvgIpc) is 3.28. The van der Waals surface area contributed by atoms with Crippen LogP contribution in [0, 0.1) is 5.92 Å². The number of rotatable bonds is 11. The number of benzene rings is 3. The van der Waals surface area contributed by atoms with Gasteiger partial charge in [-0.1, -0.05) is 39.3 Å². The molecule has 2 amide bonds. The molecule has 8 nitrogen and oxygen atoms in total. The zero-order valence-electron chi connectivity index (χ0n) is 23.7. The summed E-state index contributed by atoms with van der Waals surface area (Å²) in [5.41, 5.74) is 4.06. The van der Waals surface area contributed by atoms with Crippen LogP contribution >= 0.6 is 0 Å². The molecule has 1 aliphatic heterocycles. The molecule has 40 heavy (non-hydrogen) atoms. The molecule has 0 aromatic heterocycles. The third-order valence-electron chi connectivity index (χ3n) is 7.01. The van der Waals surface area contributed by atoms with Crippen LogP contribution in [0.5, 0.6) is 11.5 Å². The van der Waals surface area contributed by atoms with Gasteiger partial charge in [-0.25, -0.2) is 4.79 Å². The molecular weight excluding hydrogens is 508 g/mol. The summed E-state index contributed by atoms with van der Waals surface area (Å²) in [6, 6.07) is 17.5. The maximum atomic E-state index is 13.3. The van der Waals surface area contributed by atoms with Crippen LogP contribution < -0.4 is 14.8 Å². The number of nitrogens with zero attached hydrogens (tertiary/aromatic N) is 1. The molecule has 3 aromatic rings. The van der Waals surface area contributed by atoms with E-state index in [9.17, 15) is 14.4 Å². The summed E-state index contributed by atoms with van der Waals surface area (Å²) in [6.45, 7) is 6.89. The zero-order valence-corrected chi connectivity index (χ0v) is 23.7. The van der Waals surface area contributed by atoms with Gasteiger partial charge in [0.1, 0.15) is 17.5 Å². The molecule has 1 heterocycles. The lowest BCUT2D eigenvalue weighted by atomic mass is 9.99. The van der Waals surface area contributed by atoms with Gasteiger partial charge in [-0.2, -0.15) is 0 Å². The largest absolute Gasteiger partial charge is 0.496 e. The Kier molecular flexibility index (Phi) is 9.09. The van der Waals surface area contributed by atoms with Crippen LogP contribution in [0.25, 0.3) is 11.1 Å². The van der Waals surface area contributed by atoms with Crippen LogP contribution in [-0.4, -0.2) is 49.6 Å². The highest BCUT2D eigenvalue weighted by Gasteiger charge is 2.38. The van der Waals surface area contributed by atoms with Crippen molar-refractivity contribution in [2.24, 2.45) is 5.92 Å². The Bertz CT molecular complexity index is 1380. The molecular formula is C32H36N2O6. The number of anilines is 1. The van der Waals surface area contributed by atoms with Crippen molar-refractivity contribution in [2.75, 3.05) is 26.1 Å². The fourth-order valence-electron chi connectivity index (χ4n) is 4.84. The molecule has 4 rings (SSSR count). The lowest BCUT2D eigenvalue weighted by molar-refractivity contribution is -0.147. The Morgan fingerprint density at radius 1 is 0.975 bits per heavy atom. The number of amides is 2. The molecule has 0 bridgehead atoms. The van der Waals surface area contributed by atoms with Crippen molar-refractivity contribution < 1.29 is 28.6 Å². The second-order valence-corrected chi connectivity index (χ2v) is 10.1. The average molecular weight is 545 g/mol. The Balaban J connectivity index is 1.51.